The summed E-state index contributed by atoms with van der Waals surface area (Å²) in [6.07, 6.45) is 0.536. The number of hydrogen-bond donors (Lipinski definition) is 2. The molecule has 0 aliphatic carbocycles. The number of carbonyl (C=O) groups excluding carboxylic acids is 1. The lowest BCUT2D eigenvalue weighted by Gasteiger charge is -2.29. The number of carbonyl (C=O) groups is 1. The van der Waals surface area contributed by atoms with Crippen LogP contribution in [0.25, 0.3) is 0 Å². The number of primary amides is 1. The fraction of sp³-hybridized carbons (Fsp3) is 0.533. The van der Waals surface area contributed by atoms with Crippen molar-refractivity contribution in [2.45, 2.75) is 45.7 Å². The van der Waals surface area contributed by atoms with Gasteiger partial charge in [0.15, 0.2) is 0 Å². The van der Waals surface area contributed by atoms with Crippen LogP contribution in [0.5, 0.6) is 5.75 Å². The average Bonchev–Trinajstić information content (AvgIpc) is 2.27. The molecule has 1 amide bonds. The second-order valence-electron chi connectivity index (χ2n) is 5.41. The zero-order chi connectivity index (χ0) is 14.5. The fourth-order valence-corrected chi connectivity index (χ4v) is 1.98. The summed E-state index contributed by atoms with van der Waals surface area (Å²) < 4.78 is 5.67. The molecule has 1 aromatic carbocycles. The van der Waals surface area contributed by atoms with E-state index in [1.165, 1.54) is 0 Å². The van der Waals surface area contributed by atoms with Gasteiger partial charge >= 0.3 is 0 Å². The topological polar surface area (TPSA) is 64.3 Å². The van der Waals surface area contributed by atoms with E-state index in [-0.39, 0.29) is 11.9 Å². The molecule has 106 valence electrons. The van der Waals surface area contributed by atoms with E-state index in [0.717, 1.165) is 11.3 Å². The molecule has 0 bridgehead atoms. The summed E-state index contributed by atoms with van der Waals surface area (Å²) in [4.78, 5) is 11.6. The molecule has 0 fully saturated rings. The SMILES string of the molecule is Cc1cccc(OCCC(C)(NC(C)C)C(N)=O)c1. The Bertz CT molecular complexity index is 432. The first-order valence-corrected chi connectivity index (χ1v) is 6.60. The molecule has 0 spiro atoms. The molecule has 1 aromatic rings. The molecule has 0 saturated heterocycles. The highest BCUT2D eigenvalue weighted by molar-refractivity contribution is 5.84. The Balaban J connectivity index is 2.56. The second-order valence-corrected chi connectivity index (χ2v) is 5.41. The highest BCUT2D eigenvalue weighted by atomic mass is 16.5. The predicted octanol–water partition coefficient (Wildman–Crippen LogP) is 2.01. The third-order valence-electron chi connectivity index (χ3n) is 3.01. The summed E-state index contributed by atoms with van der Waals surface area (Å²) in [7, 11) is 0. The van der Waals surface area contributed by atoms with Crippen LogP contribution in [-0.2, 0) is 4.79 Å². The predicted molar refractivity (Wildman–Crippen MR) is 77.2 cm³/mol. The van der Waals surface area contributed by atoms with Crippen LogP contribution >= 0.6 is 0 Å². The largest absolute Gasteiger partial charge is 0.494 e. The van der Waals surface area contributed by atoms with E-state index < -0.39 is 5.54 Å². The zero-order valence-corrected chi connectivity index (χ0v) is 12.2. The maximum absolute atomic E-state index is 11.6. The molecule has 1 unspecified atom stereocenters. The summed E-state index contributed by atoms with van der Waals surface area (Å²) in [5.74, 6) is 0.463. The summed E-state index contributed by atoms with van der Waals surface area (Å²) in [6, 6.07) is 8.03. The van der Waals surface area contributed by atoms with Gasteiger partial charge in [-0.1, -0.05) is 12.1 Å². The molecule has 3 N–H and O–H groups in total. The van der Waals surface area contributed by atoms with Crippen molar-refractivity contribution in [2.24, 2.45) is 5.73 Å². The van der Waals surface area contributed by atoms with Crippen LogP contribution in [0.4, 0.5) is 0 Å². The van der Waals surface area contributed by atoms with Crippen molar-refractivity contribution in [1.82, 2.24) is 5.32 Å². The maximum Gasteiger partial charge on any atom is 0.237 e. The van der Waals surface area contributed by atoms with Crippen LogP contribution in [0.15, 0.2) is 24.3 Å². The van der Waals surface area contributed by atoms with Gasteiger partial charge in [-0.3, -0.25) is 4.79 Å². The van der Waals surface area contributed by atoms with Crippen LogP contribution in [0, 0.1) is 6.92 Å². The minimum absolute atomic E-state index is 0.191. The van der Waals surface area contributed by atoms with E-state index in [9.17, 15) is 4.79 Å². The number of nitrogens with two attached hydrogens (primary N) is 1. The van der Waals surface area contributed by atoms with Gasteiger partial charge in [0.25, 0.3) is 0 Å². The normalized spacial score (nSPS) is 14.2. The number of hydrogen-bond acceptors (Lipinski definition) is 3. The van der Waals surface area contributed by atoms with Crippen LogP contribution in [0.2, 0.25) is 0 Å². The van der Waals surface area contributed by atoms with E-state index >= 15 is 0 Å². The molecular formula is C15H24N2O2. The molecular weight excluding hydrogens is 240 g/mol. The Morgan fingerprint density at radius 3 is 2.68 bits per heavy atom. The van der Waals surface area contributed by atoms with Gasteiger partial charge in [0.05, 0.1) is 12.1 Å². The smallest absolute Gasteiger partial charge is 0.237 e. The Labute approximate surface area is 115 Å². The van der Waals surface area contributed by atoms with Gasteiger partial charge in [-0.25, -0.2) is 0 Å². The molecule has 4 heteroatoms. The summed E-state index contributed by atoms with van der Waals surface area (Å²) in [5, 5.41) is 3.20. The Hall–Kier alpha value is -1.55. The van der Waals surface area contributed by atoms with E-state index in [1.807, 2.05) is 52.0 Å². The van der Waals surface area contributed by atoms with Gasteiger partial charge in [-0.05, 0) is 45.4 Å². The standard InChI is InChI=1S/C15H24N2O2/c1-11(2)17-15(4,14(16)18)8-9-19-13-7-5-6-12(3)10-13/h5-7,10-11,17H,8-9H2,1-4H3,(H2,16,18). The van der Waals surface area contributed by atoms with Crippen LogP contribution in [-0.4, -0.2) is 24.1 Å². The lowest BCUT2D eigenvalue weighted by Crippen LogP contribution is -2.56. The van der Waals surface area contributed by atoms with E-state index in [1.54, 1.807) is 0 Å². The van der Waals surface area contributed by atoms with E-state index in [4.69, 9.17) is 10.5 Å². The van der Waals surface area contributed by atoms with Crippen LogP contribution < -0.4 is 15.8 Å². The van der Waals surface area contributed by atoms with Gasteiger partial charge in [0.2, 0.25) is 5.91 Å². The van der Waals surface area contributed by atoms with Crippen LogP contribution in [0.1, 0.15) is 32.8 Å². The average molecular weight is 264 g/mol. The Kier molecular flexibility index (Phi) is 5.36. The van der Waals surface area contributed by atoms with Crippen molar-refractivity contribution in [3.63, 3.8) is 0 Å². The van der Waals surface area contributed by atoms with Crippen LogP contribution in [0.3, 0.4) is 0 Å². The highest BCUT2D eigenvalue weighted by Crippen LogP contribution is 2.15. The maximum atomic E-state index is 11.6. The number of aryl methyl sites for hydroxylation is 1. The third-order valence-corrected chi connectivity index (χ3v) is 3.01. The minimum atomic E-state index is -0.738. The first-order chi connectivity index (χ1) is 8.83. The molecule has 1 atom stereocenters. The number of ether oxygens (including phenoxy) is 1. The first kappa shape index (κ1) is 15.5. The van der Waals surface area contributed by atoms with Crippen molar-refractivity contribution >= 4 is 5.91 Å². The lowest BCUT2D eigenvalue weighted by molar-refractivity contribution is -0.124. The van der Waals surface area contributed by atoms with Gasteiger partial charge in [0.1, 0.15) is 5.75 Å². The first-order valence-electron chi connectivity index (χ1n) is 6.60. The van der Waals surface area contributed by atoms with Crippen molar-refractivity contribution in [1.29, 1.82) is 0 Å². The van der Waals surface area contributed by atoms with Gasteiger partial charge < -0.3 is 15.8 Å². The van der Waals surface area contributed by atoms with E-state index in [2.05, 4.69) is 5.32 Å². The Morgan fingerprint density at radius 2 is 2.16 bits per heavy atom. The monoisotopic (exact) mass is 264 g/mol. The van der Waals surface area contributed by atoms with Crippen molar-refractivity contribution in [3.8, 4) is 5.75 Å². The molecule has 4 nitrogen and oxygen atoms in total. The third kappa shape index (κ3) is 4.91. The number of nitrogens with one attached hydrogen (secondary N) is 1. The second kappa shape index (κ2) is 6.57. The molecule has 0 aliphatic rings. The summed E-state index contributed by atoms with van der Waals surface area (Å²) >= 11 is 0. The molecule has 0 aromatic heterocycles. The molecule has 0 heterocycles. The van der Waals surface area contributed by atoms with Gasteiger partial charge in [-0.2, -0.15) is 0 Å². The quantitative estimate of drug-likeness (QED) is 0.791. The van der Waals surface area contributed by atoms with Crippen molar-refractivity contribution < 1.29 is 9.53 Å². The van der Waals surface area contributed by atoms with Gasteiger partial charge in [-0.15, -0.1) is 0 Å². The minimum Gasteiger partial charge on any atom is -0.494 e. The number of rotatable bonds is 7. The Morgan fingerprint density at radius 1 is 1.47 bits per heavy atom. The number of amides is 1. The van der Waals surface area contributed by atoms with Gasteiger partial charge in [0, 0.05) is 12.5 Å². The van der Waals surface area contributed by atoms with E-state index in [0.29, 0.717) is 13.0 Å². The molecule has 0 aliphatic heterocycles. The fourth-order valence-electron chi connectivity index (χ4n) is 1.98. The highest BCUT2D eigenvalue weighted by Gasteiger charge is 2.31. The number of benzene rings is 1. The molecule has 19 heavy (non-hydrogen) atoms. The summed E-state index contributed by atoms with van der Waals surface area (Å²) in [6.45, 7) is 8.25. The zero-order valence-electron chi connectivity index (χ0n) is 12.2. The summed E-state index contributed by atoms with van der Waals surface area (Å²) in [5.41, 5.74) is 5.88. The molecule has 0 radical (unpaired) electrons. The molecule has 0 saturated carbocycles. The lowest BCUT2D eigenvalue weighted by atomic mass is 9.96. The molecule has 1 rings (SSSR count). The van der Waals surface area contributed by atoms with Crippen molar-refractivity contribution in [3.05, 3.63) is 29.8 Å². The van der Waals surface area contributed by atoms with Crippen molar-refractivity contribution in [2.75, 3.05) is 6.61 Å².